The van der Waals surface area contributed by atoms with Crippen molar-refractivity contribution in [3.05, 3.63) is 0 Å². The average molecular weight is 227 g/mol. The molecule has 0 saturated heterocycles. The Bertz CT molecular complexity index is 129. The van der Waals surface area contributed by atoms with E-state index in [2.05, 4.69) is 0 Å². The molecule has 0 radical (unpaired) electrons. The first kappa shape index (κ1) is 13.4. The summed E-state index contributed by atoms with van der Waals surface area (Å²) in [6.45, 7) is 3.95. The summed E-state index contributed by atoms with van der Waals surface area (Å²) in [4.78, 5) is 0. The predicted octanol–water partition coefficient (Wildman–Crippen LogP) is 2.27. The molecule has 0 amide bonds. The van der Waals surface area contributed by atoms with E-state index in [1.165, 1.54) is 0 Å². The second-order valence-electron chi connectivity index (χ2n) is 3.05. The zero-order chi connectivity index (χ0) is 10.3. The molecule has 3 nitrogen and oxygen atoms in total. The van der Waals surface area contributed by atoms with Crippen LogP contribution >= 0.6 is 11.6 Å². The van der Waals surface area contributed by atoms with Gasteiger partial charge in [0.1, 0.15) is 0 Å². The van der Waals surface area contributed by atoms with E-state index in [4.69, 9.17) is 24.9 Å². The van der Waals surface area contributed by atoms with Crippen molar-refractivity contribution in [1.82, 2.24) is 0 Å². The Kier molecular flexibility index (Phi) is 6.99. The van der Waals surface area contributed by atoms with Crippen LogP contribution in [0.2, 0.25) is 6.04 Å². The quantitative estimate of drug-likeness (QED) is 0.493. The monoisotopic (exact) mass is 226 g/mol. The van der Waals surface area contributed by atoms with Crippen molar-refractivity contribution in [1.29, 1.82) is 0 Å². The van der Waals surface area contributed by atoms with E-state index in [9.17, 15) is 0 Å². The highest BCUT2D eigenvalue weighted by molar-refractivity contribution is 6.60. The molecule has 0 N–H and O–H groups in total. The van der Waals surface area contributed by atoms with E-state index in [1.807, 2.05) is 13.8 Å². The molecular formula is C8H19ClO3Si. The van der Waals surface area contributed by atoms with Crippen LogP contribution in [0.3, 0.4) is 0 Å². The number of halogens is 1. The maximum Gasteiger partial charge on any atom is 0.500 e. The third kappa shape index (κ3) is 4.98. The highest BCUT2D eigenvalue weighted by Gasteiger charge is 2.39. The lowest BCUT2D eigenvalue weighted by molar-refractivity contribution is 0.0699. The van der Waals surface area contributed by atoms with Crippen LogP contribution in [0, 0.1) is 0 Å². The van der Waals surface area contributed by atoms with Crippen LogP contribution in [0.1, 0.15) is 20.3 Å². The fraction of sp³-hybridized carbons (Fsp3) is 1.00. The van der Waals surface area contributed by atoms with Gasteiger partial charge in [-0.2, -0.15) is 0 Å². The van der Waals surface area contributed by atoms with Crippen molar-refractivity contribution in [2.24, 2.45) is 0 Å². The molecule has 0 aliphatic rings. The molecule has 0 spiro atoms. The summed E-state index contributed by atoms with van der Waals surface area (Å²) < 4.78 is 16.3. The normalized spacial score (nSPS) is 12.5. The Labute approximate surface area is 86.7 Å². The second-order valence-corrected chi connectivity index (χ2v) is 6.35. The van der Waals surface area contributed by atoms with Gasteiger partial charge in [-0.05, 0) is 20.3 Å². The first-order valence-corrected chi connectivity index (χ1v) is 6.91. The maximum atomic E-state index is 5.67. The summed E-state index contributed by atoms with van der Waals surface area (Å²) in [5.41, 5.74) is 0. The third-order valence-electron chi connectivity index (χ3n) is 1.65. The minimum Gasteiger partial charge on any atom is -0.377 e. The predicted molar refractivity (Wildman–Crippen MR) is 56.1 cm³/mol. The van der Waals surface area contributed by atoms with Crippen molar-refractivity contribution in [2.75, 3.05) is 20.1 Å². The Morgan fingerprint density at radius 3 is 2.08 bits per heavy atom. The van der Waals surface area contributed by atoms with Gasteiger partial charge in [-0.1, -0.05) is 0 Å². The molecule has 0 bridgehead atoms. The molecular weight excluding hydrogens is 208 g/mol. The smallest absolute Gasteiger partial charge is 0.377 e. The number of rotatable bonds is 7. The van der Waals surface area contributed by atoms with Gasteiger partial charge in [0.25, 0.3) is 0 Å². The molecule has 0 aromatic heterocycles. The summed E-state index contributed by atoms with van der Waals surface area (Å²) in [7, 11) is 0.851. The standard InChI is InChI=1S/C8H19ClO3Si/c1-8(2)12-13(10-3,11-4)7-5-6-9/h8H,5-7H2,1-4H3. The minimum atomic E-state index is -2.41. The third-order valence-corrected chi connectivity index (χ3v) is 4.96. The number of hydrogen-bond acceptors (Lipinski definition) is 3. The van der Waals surface area contributed by atoms with Crippen LogP contribution in [-0.2, 0) is 13.3 Å². The Morgan fingerprint density at radius 1 is 1.23 bits per heavy atom. The van der Waals surface area contributed by atoms with Crippen molar-refractivity contribution in [3.63, 3.8) is 0 Å². The van der Waals surface area contributed by atoms with Crippen molar-refractivity contribution in [3.8, 4) is 0 Å². The van der Waals surface area contributed by atoms with E-state index >= 15 is 0 Å². The number of hydrogen-bond donors (Lipinski definition) is 0. The molecule has 0 rings (SSSR count). The first-order chi connectivity index (χ1) is 6.10. The fourth-order valence-electron chi connectivity index (χ4n) is 1.09. The molecule has 0 aliphatic carbocycles. The summed E-state index contributed by atoms with van der Waals surface area (Å²) >= 11 is 5.61. The SMILES string of the molecule is CO[Si](CCCCl)(OC)OC(C)C. The van der Waals surface area contributed by atoms with Gasteiger partial charge in [-0.15, -0.1) is 11.6 Å². The molecule has 0 saturated carbocycles. The molecule has 0 fully saturated rings. The first-order valence-electron chi connectivity index (χ1n) is 4.44. The lowest BCUT2D eigenvalue weighted by atomic mass is 10.5. The van der Waals surface area contributed by atoms with Gasteiger partial charge in [0, 0.05) is 32.2 Å². The molecule has 13 heavy (non-hydrogen) atoms. The van der Waals surface area contributed by atoms with E-state index < -0.39 is 8.80 Å². The second kappa shape index (κ2) is 6.78. The minimum absolute atomic E-state index is 0.127. The van der Waals surface area contributed by atoms with Crippen LogP contribution in [-0.4, -0.2) is 35.0 Å². The zero-order valence-corrected chi connectivity index (χ0v) is 10.6. The van der Waals surface area contributed by atoms with E-state index in [0.717, 1.165) is 12.5 Å². The molecule has 80 valence electrons. The summed E-state index contributed by atoms with van der Waals surface area (Å²) in [5, 5.41) is 0. The highest BCUT2D eigenvalue weighted by Crippen LogP contribution is 2.18. The molecule has 0 aromatic carbocycles. The van der Waals surface area contributed by atoms with Gasteiger partial charge < -0.3 is 13.3 Å². The molecule has 0 aromatic rings. The summed E-state index contributed by atoms with van der Waals surface area (Å²) in [5.74, 6) is 0.614. The van der Waals surface area contributed by atoms with Crippen molar-refractivity contribution >= 4 is 20.4 Å². The molecule has 0 aliphatic heterocycles. The van der Waals surface area contributed by atoms with Gasteiger partial charge in [-0.3, -0.25) is 0 Å². The van der Waals surface area contributed by atoms with Crippen LogP contribution in [0.15, 0.2) is 0 Å². The lowest BCUT2D eigenvalue weighted by Crippen LogP contribution is -2.45. The van der Waals surface area contributed by atoms with E-state index in [-0.39, 0.29) is 6.10 Å². The van der Waals surface area contributed by atoms with Crippen LogP contribution in [0.25, 0.3) is 0 Å². The number of alkyl halides is 1. The average Bonchev–Trinajstić information content (AvgIpc) is 2.12. The van der Waals surface area contributed by atoms with Gasteiger partial charge in [0.2, 0.25) is 0 Å². The Hall–Kier alpha value is 0.387. The van der Waals surface area contributed by atoms with Crippen molar-refractivity contribution in [2.45, 2.75) is 32.4 Å². The van der Waals surface area contributed by atoms with E-state index in [0.29, 0.717) is 5.88 Å². The van der Waals surface area contributed by atoms with E-state index in [1.54, 1.807) is 14.2 Å². The van der Waals surface area contributed by atoms with Gasteiger partial charge in [0.05, 0.1) is 0 Å². The van der Waals surface area contributed by atoms with Crippen molar-refractivity contribution < 1.29 is 13.3 Å². The molecule has 0 atom stereocenters. The lowest BCUT2D eigenvalue weighted by Gasteiger charge is -2.28. The topological polar surface area (TPSA) is 27.7 Å². The van der Waals surface area contributed by atoms with Crippen LogP contribution in [0.4, 0.5) is 0 Å². The summed E-state index contributed by atoms with van der Waals surface area (Å²) in [6, 6.07) is 0.779. The van der Waals surface area contributed by atoms with Gasteiger partial charge >= 0.3 is 8.80 Å². The van der Waals surface area contributed by atoms with Gasteiger partial charge in [-0.25, -0.2) is 0 Å². The highest BCUT2D eigenvalue weighted by atomic mass is 35.5. The molecule has 0 unspecified atom stereocenters. The van der Waals surface area contributed by atoms with Gasteiger partial charge in [0.15, 0.2) is 0 Å². The Balaban J connectivity index is 4.13. The Morgan fingerprint density at radius 2 is 1.77 bits per heavy atom. The maximum absolute atomic E-state index is 5.67. The van der Waals surface area contributed by atoms with Crippen LogP contribution in [0.5, 0.6) is 0 Å². The summed E-state index contributed by atoms with van der Waals surface area (Å²) in [6.07, 6.45) is 0.990. The largest absolute Gasteiger partial charge is 0.500 e. The molecule has 0 heterocycles. The fourth-order valence-corrected chi connectivity index (χ4v) is 3.66. The molecule has 5 heteroatoms. The zero-order valence-electron chi connectivity index (χ0n) is 8.80. The van der Waals surface area contributed by atoms with Crippen LogP contribution < -0.4 is 0 Å².